The molecule has 0 bridgehead atoms. The zero-order chi connectivity index (χ0) is 19.5. The molecular weight excluding hydrogens is 358 g/mol. The van der Waals surface area contributed by atoms with Crippen molar-refractivity contribution in [3.8, 4) is 5.75 Å². The van der Waals surface area contributed by atoms with Crippen molar-refractivity contribution in [3.05, 3.63) is 41.7 Å². The van der Waals surface area contributed by atoms with Crippen LogP contribution in [-0.4, -0.2) is 39.8 Å². The minimum atomic E-state index is -0.190. The van der Waals surface area contributed by atoms with Crippen LogP contribution >= 0.6 is 0 Å². The predicted molar refractivity (Wildman–Crippen MR) is 104 cm³/mol. The molecule has 1 aromatic heterocycles. The molecule has 1 saturated carbocycles. The molecule has 2 aliphatic rings. The highest BCUT2D eigenvalue weighted by molar-refractivity contribution is 5.89. The molecule has 0 atom stereocenters. The molecule has 2 N–H and O–H groups in total. The highest BCUT2D eigenvalue weighted by Gasteiger charge is 2.24. The molecule has 1 fully saturated rings. The number of amides is 3. The van der Waals surface area contributed by atoms with Gasteiger partial charge in [-0.2, -0.15) is 5.10 Å². The van der Waals surface area contributed by atoms with E-state index >= 15 is 0 Å². The fourth-order valence-corrected chi connectivity index (χ4v) is 3.85. The van der Waals surface area contributed by atoms with Gasteiger partial charge in [0.15, 0.2) is 0 Å². The maximum Gasteiger partial charge on any atom is 0.322 e. The van der Waals surface area contributed by atoms with E-state index in [2.05, 4.69) is 15.7 Å². The van der Waals surface area contributed by atoms with Gasteiger partial charge in [-0.3, -0.25) is 9.48 Å². The van der Waals surface area contributed by atoms with Crippen molar-refractivity contribution in [2.45, 2.75) is 51.4 Å². The van der Waals surface area contributed by atoms with Gasteiger partial charge in [-0.1, -0.05) is 18.9 Å². The van der Waals surface area contributed by atoms with E-state index in [0.29, 0.717) is 18.8 Å². The number of anilines is 1. The van der Waals surface area contributed by atoms with Gasteiger partial charge >= 0.3 is 6.03 Å². The largest absolute Gasteiger partial charge is 0.497 e. The van der Waals surface area contributed by atoms with Gasteiger partial charge in [0.2, 0.25) is 5.91 Å². The first-order chi connectivity index (χ1) is 13.6. The summed E-state index contributed by atoms with van der Waals surface area (Å²) in [5.41, 5.74) is 2.79. The lowest BCUT2D eigenvalue weighted by atomic mass is 10.1. The van der Waals surface area contributed by atoms with Crippen molar-refractivity contribution < 1.29 is 14.3 Å². The minimum absolute atomic E-state index is 0.0446. The van der Waals surface area contributed by atoms with Crippen LogP contribution in [0.4, 0.5) is 10.5 Å². The number of rotatable bonds is 5. The van der Waals surface area contributed by atoms with E-state index in [4.69, 9.17) is 4.74 Å². The van der Waals surface area contributed by atoms with Crippen LogP contribution in [0.25, 0.3) is 0 Å². The van der Waals surface area contributed by atoms with Crippen LogP contribution in [0.2, 0.25) is 0 Å². The summed E-state index contributed by atoms with van der Waals surface area (Å²) < 4.78 is 6.79. The summed E-state index contributed by atoms with van der Waals surface area (Å²) in [4.78, 5) is 26.4. The third-order valence-electron chi connectivity index (χ3n) is 5.33. The van der Waals surface area contributed by atoms with Crippen molar-refractivity contribution in [1.82, 2.24) is 20.0 Å². The zero-order valence-corrected chi connectivity index (χ0v) is 16.0. The average Bonchev–Trinajstić information content (AvgIpc) is 3.42. The predicted octanol–water partition coefficient (Wildman–Crippen LogP) is 2.50. The van der Waals surface area contributed by atoms with Crippen molar-refractivity contribution in [2.24, 2.45) is 0 Å². The van der Waals surface area contributed by atoms with Gasteiger partial charge in [0.25, 0.3) is 0 Å². The van der Waals surface area contributed by atoms with Crippen LogP contribution in [0.1, 0.15) is 36.8 Å². The van der Waals surface area contributed by atoms with Crippen molar-refractivity contribution in [1.29, 1.82) is 0 Å². The van der Waals surface area contributed by atoms with E-state index in [-0.39, 0.29) is 24.5 Å². The maximum atomic E-state index is 12.6. The Morgan fingerprint density at radius 3 is 2.79 bits per heavy atom. The number of nitrogens with one attached hydrogen (secondary N) is 2. The summed E-state index contributed by atoms with van der Waals surface area (Å²) in [6, 6.07) is 5.95. The number of nitrogens with zero attached hydrogens (tertiary/aromatic N) is 3. The van der Waals surface area contributed by atoms with Crippen molar-refractivity contribution in [3.63, 3.8) is 0 Å². The Bertz CT molecular complexity index is 872. The maximum absolute atomic E-state index is 12.6. The number of benzene rings is 1. The lowest BCUT2D eigenvalue weighted by Crippen LogP contribution is -2.35. The first-order valence-electron chi connectivity index (χ1n) is 9.64. The fourth-order valence-electron chi connectivity index (χ4n) is 3.85. The van der Waals surface area contributed by atoms with E-state index in [0.717, 1.165) is 29.7 Å². The van der Waals surface area contributed by atoms with Crippen LogP contribution < -0.4 is 15.4 Å². The second-order valence-corrected chi connectivity index (χ2v) is 7.40. The van der Waals surface area contributed by atoms with E-state index in [9.17, 15) is 9.59 Å². The summed E-state index contributed by atoms with van der Waals surface area (Å²) in [5, 5.41) is 10.1. The number of methoxy groups -OCH3 is 1. The summed E-state index contributed by atoms with van der Waals surface area (Å²) in [5.74, 6) is 0.745. The van der Waals surface area contributed by atoms with Gasteiger partial charge in [0.1, 0.15) is 12.3 Å². The first-order valence-corrected chi connectivity index (χ1v) is 9.64. The van der Waals surface area contributed by atoms with Gasteiger partial charge in [0.05, 0.1) is 19.0 Å². The molecule has 8 heteroatoms. The molecule has 4 rings (SSSR count). The lowest BCUT2D eigenvalue weighted by molar-refractivity contribution is -0.122. The summed E-state index contributed by atoms with van der Waals surface area (Å²) in [7, 11) is 1.63. The summed E-state index contributed by atoms with van der Waals surface area (Å²) in [6.45, 7) is 1.25. The molecule has 0 radical (unpaired) electrons. The molecule has 2 aromatic rings. The molecular formula is C20H25N5O3. The third-order valence-corrected chi connectivity index (χ3v) is 5.33. The molecule has 3 amide bonds. The Labute approximate surface area is 163 Å². The zero-order valence-electron chi connectivity index (χ0n) is 16.0. The Kier molecular flexibility index (Phi) is 5.18. The van der Waals surface area contributed by atoms with Gasteiger partial charge in [0, 0.05) is 25.3 Å². The molecule has 1 aromatic carbocycles. The summed E-state index contributed by atoms with van der Waals surface area (Å²) >= 11 is 0. The van der Waals surface area contributed by atoms with Crippen LogP contribution in [0.15, 0.2) is 30.6 Å². The van der Waals surface area contributed by atoms with Crippen LogP contribution in [0.5, 0.6) is 5.75 Å². The smallest absolute Gasteiger partial charge is 0.322 e. The van der Waals surface area contributed by atoms with E-state index in [1.54, 1.807) is 29.1 Å². The highest BCUT2D eigenvalue weighted by atomic mass is 16.5. The molecule has 0 spiro atoms. The third kappa shape index (κ3) is 4.11. The van der Waals surface area contributed by atoms with E-state index in [1.165, 1.54) is 12.8 Å². The first kappa shape index (κ1) is 18.3. The number of aromatic nitrogens is 2. The second-order valence-electron chi connectivity index (χ2n) is 7.40. The Morgan fingerprint density at radius 2 is 2.00 bits per heavy atom. The van der Waals surface area contributed by atoms with E-state index < -0.39 is 0 Å². The minimum Gasteiger partial charge on any atom is -0.497 e. The number of carbonyl (C=O) groups excluding carboxylic acids is 2. The number of urea groups is 1. The van der Waals surface area contributed by atoms with Crippen LogP contribution in [0, 0.1) is 0 Å². The van der Waals surface area contributed by atoms with Crippen molar-refractivity contribution in [2.75, 3.05) is 12.4 Å². The number of hydrogen-bond acceptors (Lipinski definition) is 4. The molecule has 148 valence electrons. The molecule has 1 aliphatic heterocycles. The Hall–Kier alpha value is -3.03. The van der Waals surface area contributed by atoms with Gasteiger partial charge < -0.3 is 20.3 Å². The molecule has 0 saturated heterocycles. The average molecular weight is 383 g/mol. The SMILES string of the molecule is COc1ccc2c(c1)CN(C(=O)Nc1cnn(CC(=O)NC3CCCC3)c1)C2. The van der Waals surface area contributed by atoms with Gasteiger partial charge in [-0.15, -0.1) is 0 Å². The second kappa shape index (κ2) is 7.92. The quantitative estimate of drug-likeness (QED) is 0.830. The van der Waals surface area contributed by atoms with Gasteiger partial charge in [-0.05, 0) is 36.1 Å². The van der Waals surface area contributed by atoms with Crippen LogP contribution in [-0.2, 0) is 24.4 Å². The van der Waals surface area contributed by atoms with Gasteiger partial charge in [-0.25, -0.2) is 4.79 Å². The number of fused-ring (bicyclic) bond motifs is 1. The summed E-state index contributed by atoms with van der Waals surface area (Å²) in [6.07, 6.45) is 7.70. The lowest BCUT2D eigenvalue weighted by Gasteiger charge is -2.15. The highest BCUT2D eigenvalue weighted by Crippen LogP contribution is 2.27. The normalized spacial score (nSPS) is 16.1. The molecule has 0 unspecified atom stereocenters. The van der Waals surface area contributed by atoms with Crippen LogP contribution in [0.3, 0.4) is 0 Å². The topological polar surface area (TPSA) is 88.5 Å². The number of carbonyl (C=O) groups is 2. The number of hydrogen-bond donors (Lipinski definition) is 2. The molecule has 28 heavy (non-hydrogen) atoms. The monoisotopic (exact) mass is 383 g/mol. The Morgan fingerprint density at radius 1 is 1.21 bits per heavy atom. The van der Waals surface area contributed by atoms with Crippen molar-refractivity contribution >= 4 is 17.6 Å². The molecule has 1 aliphatic carbocycles. The Balaban J connectivity index is 1.30. The molecule has 2 heterocycles. The number of ether oxygens (including phenoxy) is 1. The molecule has 8 nitrogen and oxygen atoms in total. The van der Waals surface area contributed by atoms with E-state index in [1.807, 2.05) is 18.2 Å². The fraction of sp³-hybridized carbons (Fsp3) is 0.450. The standard InChI is InChI=1S/C20H25N5O3/c1-28-18-7-6-14-10-24(11-15(14)8-18)20(27)23-17-9-21-25(12-17)13-19(26)22-16-4-2-3-5-16/h6-9,12,16H,2-5,10-11,13H2,1H3,(H,22,26)(H,23,27).